The van der Waals surface area contributed by atoms with Gasteiger partial charge >= 0.3 is 0 Å². The van der Waals surface area contributed by atoms with Crippen molar-refractivity contribution in [1.29, 1.82) is 0 Å². The normalized spacial score (nSPS) is 10.3. The van der Waals surface area contributed by atoms with Crippen molar-refractivity contribution >= 4 is 22.4 Å². The number of thiazole rings is 1. The molecule has 0 radical (unpaired) electrons. The SMILES string of the molecule is O=C(Nc1nc(-c2cccc(F)c2)cs1)c1ccncc1. The fourth-order valence-corrected chi connectivity index (χ4v) is 2.50. The van der Waals surface area contributed by atoms with Gasteiger partial charge in [0.15, 0.2) is 5.13 Å². The van der Waals surface area contributed by atoms with Crippen molar-refractivity contribution < 1.29 is 9.18 Å². The summed E-state index contributed by atoms with van der Waals surface area (Å²) in [6.07, 6.45) is 3.10. The van der Waals surface area contributed by atoms with E-state index in [0.29, 0.717) is 22.0 Å². The topological polar surface area (TPSA) is 54.9 Å². The molecule has 0 aliphatic rings. The third kappa shape index (κ3) is 3.11. The van der Waals surface area contributed by atoms with Gasteiger partial charge in [0.2, 0.25) is 0 Å². The van der Waals surface area contributed by atoms with Crippen molar-refractivity contribution in [3.8, 4) is 11.3 Å². The molecule has 0 aliphatic heterocycles. The molecule has 0 bridgehead atoms. The summed E-state index contributed by atoms with van der Waals surface area (Å²) in [5, 5.41) is 4.95. The zero-order chi connectivity index (χ0) is 14.7. The third-order valence-electron chi connectivity index (χ3n) is 2.79. The standard InChI is InChI=1S/C15H10FN3OS/c16-12-3-1-2-11(8-12)13-9-21-15(18-13)19-14(20)10-4-6-17-7-5-10/h1-9H,(H,18,19,20). The minimum Gasteiger partial charge on any atom is -0.298 e. The summed E-state index contributed by atoms with van der Waals surface area (Å²) in [5.74, 6) is -0.569. The molecule has 0 aliphatic carbocycles. The molecule has 2 heterocycles. The van der Waals surface area contributed by atoms with E-state index in [1.54, 1.807) is 42.0 Å². The van der Waals surface area contributed by atoms with Gasteiger partial charge in [0, 0.05) is 28.9 Å². The molecule has 3 rings (SSSR count). The number of aromatic nitrogens is 2. The molecule has 1 aromatic carbocycles. The predicted molar refractivity (Wildman–Crippen MR) is 79.7 cm³/mol. The van der Waals surface area contributed by atoms with Crippen molar-refractivity contribution in [3.63, 3.8) is 0 Å². The molecule has 0 spiro atoms. The number of benzene rings is 1. The van der Waals surface area contributed by atoms with Crippen LogP contribution in [0.1, 0.15) is 10.4 Å². The van der Waals surface area contributed by atoms with Gasteiger partial charge in [-0.3, -0.25) is 15.1 Å². The highest BCUT2D eigenvalue weighted by atomic mass is 32.1. The number of rotatable bonds is 3. The van der Waals surface area contributed by atoms with E-state index < -0.39 is 0 Å². The maximum Gasteiger partial charge on any atom is 0.257 e. The molecular weight excluding hydrogens is 289 g/mol. The Kier molecular flexibility index (Phi) is 3.70. The molecule has 4 nitrogen and oxygen atoms in total. The largest absolute Gasteiger partial charge is 0.298 e. The average molecular weight is 299 g/mol. The van der Waals surface area contributed by atoms with Crippen molar-refractivity contribution in [3.05, 3.63) is 65.6 Å². The van der Waals surface area contributed by atoms with Crippen molar-refractivity contribution in [2.24, 2.45) is 0 Å². The Morgan fingerprint density at radius 1 is 1.19 bits per heavy atom. The first-order valence-corrected chi connectivity index (χ1v) is 7.03. The van der Waals surface area contributed by atoms with E-state index in [1.807, 2.05) is 0 Å². The van der Waals surface area contributed by atoms with E-state index in [-0.39, 0.29) is 11.7 Å². The zero-order valence-electron chi connectivity index (χ0n) is 10.8. The molecule has 0 atom stereocenters. The van der Waals surface area contributed by atoms with Crippen LogP contribution in [-0.4, -0.2) is 15.9 Å². The predicted octanol–water partition coefficient (Wildman–Crippen LogP) is 3.60. The van der Waals surface area contributed by atoms with Gasteiger partial charge in [-0.2, -0.15) is 0 Å². The molecule has 0 unspecified atom stereocenters. The van der Waals surface area contributed by atoms with Crippen molar-refractivity contribution in [2.45, 2.75) is 0 Å². The molecule has 3 aromatic rings. The number of nitrogens with one attached hydrogen (secondary N) is 1. The molecule has 21 heavy (non-hydrogen) atoms. The summed E-state index contributed by atoms with van der Waals surface area (Å²) in [6, 6.07) is 9.42. The van der Waals surface area contributed by atoms with E-state index in [1.165, 1.54) is 23.5 Å². The quantitative estimate of drug-likeness (QED) is 0.804. The number of carbonyl (C=O) groups is 1. The van der Waals surface area contributed by atoms with Crippen LogP contribution in [0.3, 0.4) is 0 Å². The van der Waals surface area contributed by atoms with Crippen LogP contribution in [0.15, 0.2) is 54.2 Å². The number of halogens is 1. The number of hydrogen-bond acceptors (Lipinski definition) is 4. The Labute approximate surface area is 124 Å². The van der Waals surface area contributed by atoms with Crippen LogP contribution < -0.4 is 5.32 Å². The third-order valence-corrected chi connectivity index (χ3v) is 3.55. The summed E-state index contributed by atoms with van der Waals surface area (Å²) in [4.78, 5) is 20.1. The Morgan fingerprint density at radius 3 is 2.76 bits per heavy atom. The van der Waals surface area contributed by atoms with Gasteiger partial charge in [-0.1, -0.05) is 12.1 Å². The Morgan fingerprint density at radius 2 is 2.00 bits per heavy atom. The van der Waals surface area contributed by atoms with Crippen LogP contribution in [0.4, 0.5) is 9.52 Å². The minimum atomic E-state index is -0.317. The maximum atomic E-state index is 13.2. The van der Waals surface area contributed by atoms with Crippen LogP contribution >= 0.6 is 11.3 Å². The monoisotopic (exact) mass is 299 g/mol. The molecule has 0 saturated carbocycles. The zero-order valence-corrected chi connectivity index (χ0v) is 11.6. The lowest BCUT2D eigenvalue weighted by Crippen LogP contribution is -2.11. The van der Waals surface area contributed by atoms with Gasteiger partial charge < -0.3 is 0 Å². The number of carbonyl (C=O) groups excluding carboxylic acids is 1. The molecule has 1 amide bonds. The van der Waals surface area contributed by atoms with E-state index in [2.05, 4.69) is 15.3 Å². The van der Waals surface area contributed by atoms with Gasteiger partial charge in [0.1, 0.15) is 5.82 Å². The first-order valence-electron chi connectivity index (χ1n) is 6.15. The molecule has 6 heteroatoms. The van der Waals surface area contributed by atoms with Gasteiger partial charge in [0.25, 0.3) is 5.91 Å². The molecule has 1 N–H and O–H groups in total. The summed E-state index contributed by atoms with van der Waals surface area (Å²) in [6.45, 7) is 0. The Bertz CT molecular complexity index is 773. The second-order valence-corrected chi connectivity index (χ2v) is 5.10. The van der Waals surface area contributed by atoms with E-state index in [9.17, 15) is 9.18 Å². The van der Waals surface area contributed by atoms with E-state index in [4.69, 9.17) is 0 Å². The highest BCUT2D eigenvalue weighted by molar-refractivity contribution is 7.14. The lowest BCUT2D eigenvalue weighted by Gasteiger charge is -2.00. The number of pyridine rings is 1. The molecule has 2 aromatic heterocycles. The maximum absolute atomic E-state index is 13.2. The van der Waals surface area contributed by atoms with Crippen LogP contribution in [0.5, 0.6) is 0 Å². The van der Waals surface area contributed by atoms with Crippen LogP contribution in [-0.2, 0) is 0 Å². The summed E-state index contributed by atoms with van der Waals surface area (Å²) in [7, 11) is 0. The molecule has 104 valence electrons. The number of hydrogen-bond donors (Lipinski definition) is 1. The fraction of sp³-hybridized carbons (Fsp3) is 0. The molecule has 0 saturated heterocycles. The van der Waals surface area contributed by atoms with Crippen LogP contribution in [0, 0.1) is 5.82 Å². The second-order valence-electron chi connectivity index (χ2n) is 4.24. The Balaban J connectivity index is 1.78. The van der Waals surface area contributed by atoms with Crippen LogP contribution in [0.2, 0.25) is 0 Å². The van der Waals surface area contributed by atoms with Crippen molar-refractivity contribution in [2.75, 3.05) is 5.32 Å². The first-order chi connectivity index (χ1) is 10.2. The highest BCUT2D eigenvalue weighted by Gasteiger charge is 2.10. The van der Waals surface area contributed by atoms with E-state index in [0.717, 1.165) is 0 Å². The smallest absolute Gasteiger partial charge is 0.257 e. The number of anilines is 1. The molecule has 0 fully saturated rings. The fourth-order valence-electron chi connectivity index (χ4n) is 1.78. The number of nitrogens with zero attached hydrogens (tertiary/aromatic N) is 2. The lowest BCUT2D eigenvalue weighted by atomic mass is 10.2. The molecular formula is C15H10FN3OS. The first kappa shape index (κ1) is 13.4. The van der Waals surface area contributed by atoms with E-state index >= 15 is 0 Å². The van der Waals surface area contributed by atoms with Crippen molar-refractivity contribution in [1.82, 2.24) is 9.97 Å². The summed E-state index contributed by atoms with van der Waals surface area (Å²) >= 11 is 1.29. The van der Waals surface area contributed by atoms with Gasteiger partial charge in [-0.15, -0.1) is 11.3 Å². The number of amides is 1. The average Bonchev–Trinajstić information content (AvgIpc) is 2.97. The summed E-state index contributed by atoms with van der Waals surface area (Å²) < 4.78 is 13.2. The van der Waals surface area contributed by atoms with Crippen LogP contribution in [0.25, 0.3) is 11.3 Å². The Hall–Kier alpha value is -2.60. The van der Waals surface area contributed by atoms with Gasteiger partial charge in [-0.25, -0.2) is 9.37 Å². The highest BCUT2D eigenvalue weighted by Crippen LogP contribution is 2.25. The van der Waals surface area contributed by atoms with Gasteiger partial charge in [-0.05, 0) is 24.3 Å². The minimum absolute atomic E-state index is 0.252. The van der Waals surface area contributed by atoms with Gasteiger partial charge in [0.05, 0.1) is 5.69 Å². The lowest BCUT2D eigenvalue weighted by molar-refractivity contribution is 0.102. The second kappa shape index (κ2) is 5.80. The summed E-state index contributed by atoms with van der Waals surface area (Å²) in [5.41, 5.74) is 1.81.